The topological polar surface area (TPSA) is 38.3 Å². The van der Waals surface area contributed by atoms with Gasteiger partial charge >= 0.3 is 5.97 Å². The minimum atomic E-state index is -0.164. The maximum atomic E-state index is 11.4. The van der Waals surface area contributed by atoms with Crippen LogP contribution < -0.4 is 5.32 Å². The van der Waals surface area contributed by atoms with Gasteiger partial charge in [0.05, 0.1) is 6.10 Å². The van der Waals surface area contributed by atoms with Crippen LogP contribution in [0.1, 0.15) is 34.1 Å². The first-order chi connectivity index (χ1) is 5.97. The molecule has 0 aliphatic heterocycles. The minimum absolute atomic E-state index is 0. The van der Waals surface area contributed by atoms with Crippen molar-refractivity contribution in [3.8, 4) is 0 Å². The Morgan fingerprint density at radius 2 is 1.79 bits per heavy atom. The predicted octanol–water partition coefficient (Wildman–Crippen LogP) is 1.99. The van der Waals surface area contributed by atoms with Crippen molar-refractivity contribution in [2.75, 3.05) is 7.05 Å². The van der Waals surface area contributed by atoms with Crippen LogP contribution >= 0.6 is 12.4 Å². The number of hydrogen-bond donors (Lipinski definition) is 1. The number of hydrogen-bond acceptors (Lipinski definition) is 3. The van der Waals surface area contributed by atoms with Gasteiger partial charge in [0.1, 0.15) is 6.04 Å². The van der Waals surface area contributed by atoms with Crippen LogP contribution in [0.2, 0.25) is 0 Å². The summed E-state index contributed by atoms with van der Waals surface area (Å²) in [5.41, 5.74) is 0. The van der Waals surface area contributed by atoms with Gasteiger partial charge in [0, 0.05) is 0 Å². The van der Waals surface area contributed by atoms with Gasteiger partial charge in [-0.05, 0) is 33.2 Å². The Labute approximate surface area is 93.0 Å². The highest BCUT2D eigenvalue weighted by Gasteiger charge is 2.19. The summed E-state index contributed by atoms with van der Waals surface area (Å²) in [5, 5.41) is 2.96. The van der Waals surface area contributed by atoms with Gasteiger partial charge in [0.15, 0.2) is 0 Å². The number of esters is 1. The van der Waals surface area contributed by atoms with Crippen molar-refractivity contribution >= 4 is 18.4 Å². The molecule has 0 aliphatic rings. The Morgan fingerprint density at radius 1 is 1.29 bits per heavy atom. The van der Waals surface area contributed by atoms with Crippen LogP contribution in [0.25, 0.3) is 0 Å². The quantitative estimate of drug-likeness (QED) is 0.725. The fourth-order valence-corrected chi connectivity index (χ4v) is 1.12. The first-order valence-electron chi connectivity index (χ1n) is 4.85. The third-order valence-electron chi connectivity index (χ3n) is 1.69. The van der Waals surface area contributed by atoms with E-state index < -0.39 is 0 Å². The average Bonchev–Trinajstić information content (AvgIpc) is 1.98. The van der Waals surface area contributed by atoms with Crippen LogP contribution in [-0.2, 0) is 9.53 Å². The van der Waals surface area contributed by atoms with E-state index in [0.717, 1.165) is 6.42 Å². The largest absolute Gasteiger partial charge is 0.462 e. The lowest BCUT2D eigenvalue weighted by atomic mass is 10.0. The predicted molar refractivity (Wildman–Crippen MR) is 60.8 cm³/mol. The Kier molecular flexibility index (Phi) is 9.31. The molecule has 0 unspecified atom stereocenters. The van der Waals surface area contributed by atoms with Crippen LogP contribution in [0.15, 0.2) is 0 Å². The van der Waals surface area contributed by atoms with Crippen molar-refractivity contribution in [3.63, 3.8) is 0 Å². The molecule has 0 fully saturated rings. The molecule has 0 saturated heterocycles. The Morgan fingerprint density at radius 3 is 2.07 bits per heavy atom. The number of ether oxygens (including phenoxy) is 1. The normalized spacial score (nSPS) is 12.5. The number of halogens is 1. The molecular weight excluding hydrogens is 202 g/mol. The van der Waals surface area contributed by atoms with Gasteiger partial charge in [-0.3, -0.25) is 4.79 Å². The van der Waals surface area contributed by atoms with E-state index in [9.17, 15) is 4.79 Å². The van der Waals surface area contributed by atoms with E-state index in [1.165, 1.54) is 0 Å². The fourth-order valence-electron chi connectivity index (χ4n) is 1.12. The lowest BCUT2D eigenvalue weighted by Crippen LogP contribution is -2.37. The molecule has 1 N–H and O–H groups in total. The van der Waals surface area contributed by atoms with E-state index in [1.54, 1.807) is 7.05 Å². The number of likely N-dealkylation sites (N-methyl/N-ethyl adjacent to an activating group) is 1. The van der Waals surface area contributed by atoms with E-state index in [2.05, 4.69) is 19.2 Å². The zero-order valence-corrected chi connectivity index (χ0v) is 10.5. The van der Waals surface area contributed by atoms with Crippen LogP contribution in [0.5, 0.6) is 0 Å². The maximum Gasteiger partial charge on any atom is 0.323 e. The minimum Gasteiger partial charge on any atom is -0.462 e. The van der Waals surface area contributed by atoms with Gasteiger partial charge in [-0.1, -0.05) is 13.8 Å². The van der Waals surface area contributed by atoms with Crippen LogP contribution in [0.4, 0.5) is 0 Å². The second-order valence-corrected chi connectivity index (χ2v) is 3.96. The molecule has 0 amide bonds. The molecule has 3 nitrogen and oxygen atoms in total. The third kappa shape index (κ3) is 7.15. The monoisotopic (exact) mass is 223 g/mol. The standard InChI is InChI=1S/C10H21NO2.ClH/c1-7(2)6-9(11-5)10(12)13-8(3)4;/h7-9,11H,6H2,1-5H3;1H/t9-;/m0./s1. The zero-order valence-electron chi connectivity index (χ0n) is 9.66. The van der Waals surface area contributed by atoms with Crippen molar-refractivity contribution < 1.29 is 9.53 Å². The number of carbonyl (C=O) groups is 1. The van der Waals surface area contributed by atoms with Crippen LogP contribution in [-0.4, -0.2) is 25.2 Å². The molecule has 0 aromatic carbocycles. The van der Waals surface area contributed by atoms with Gasteiger partial charge < -0.3 is 10.1 Å². The summed E-state index contributed by atoms with van der Waals surface area (Å²) in [5.74, 6) is 0.350. The number of nitrogens with one attached hydrogen (secondary N) is 1. The van der Waals surface area contributed by atoms with Gasteiger partial charge in [0.2, 0.25) is 0 Å². The molecule has 86 valence electrons. The first kappa shape index (κ1) is 16.2. The molecule has 0 heterocycles. The summed E-state index contributed by atoms with van der Waals surface area (Å²) in [6.07, 6.45) is 0.790. The van der Waals surface area contributed by atoms with Crippen molar-refractivity contribution in [1.29, 1.82) is 0 Å². The highest BCUT2D eigenvalue weighted by atomic mass is 35.5. The first-order valence-corrected chi connectivity index (χ1v) is 4.85. The Hall–Kier alpha value is -0.280. The molecule has 0 bridgehead atoms. The molecule has 0 rings (SSSR count). The average molecular weight is 224 g/mol. The van der Waals surface area contributed by atoms with Gasteiger partial charge in [0.25, 0.3) is 0 Å². The second kappa shape index (κ2) is 8.06. The van der Waals surface area contributed by atoms with Crippen molar-refractivity contribution in [2.45, 2.75) is 46.3 Å². The lowest BCUT2D eigenvalue weighted by Gasteiger charge is -2.18. The van der Waals surface area contributed by atoms with Crippen LogP contribution in [0, 0.1) is 5.92 Å². The van der Waals surface area contributed by atoms with Gasteiger partial charge in [-0.25, -0.2) is 0 Å². The van der Waals surface area contributed by atoms with Gasteiger partial charge in [-0.2, -0.15) is 0 Å². The molecule has 0 spiro atoms. The molecule has 0 aromatic heterocycles. The summed E-state index contributed by atoms with van der Waals surface area (Å²) < 4.78 is 5.10. The van der Waals surface area contributed by atoms with Crippen LogP contribution in [0.3, 0.4) is 0 Å². The maximum absolute atomic E-state index is 11.4. The molecule has 1 atom stereocenters. The molecule has 4 heteroatoms. The van der Waals surface area contributed by atoms with Crippen molar-refractivity contribution in [2.24, 2.45) is 5.92 Å². The molecule has 0 saturated carbocycles. The SMILES string of the molecule is CN[C@@H](CC(C)C)C(=O)OC(C)C.Cl. The summed E-state index contributed by atoms with van der Waals surface area (Å²) in [7, 11) is 1.79. The smallest absolute Gasteiger partial charge is 0.323 e. The molecule has 0 aliphatic carbocycles. The molecule has 0 radical (unpaired) electrons. The second-order valence-electron chi connectivity index (χ2n) is 3.96. The highest BCUT2D eigenvalue weighted by Crippen LogP contribution is 2.06. The summed E-state index contributed by atoms with van der Waals surface area (Å²) in [4.78, 5) is 11.4. The van der Waals surface area contributed by atoms with Crippen molar-refractivity contribution in [3.05, 3.63) is 0 Å². The van der Waals surface area contributed by atoms with E-state index in [1.807, 2.05) is 13.8 Å². The number of rotatable bonds is 5. The van der Waals surface area contributed by atoms with Gasteiger partial charge in [-0.15, -0.1) is 12.4 Å². The number of carbonyl (C=O) groups excluding carboxylic acids is 1. The third-order valence-corrected chi connectivity index (χ3v) is 1.69. The Balaban J connectivity index is 0. The summed E-state index contributed by atoms with van der Waals surface area (Å²) in [6.45, 7) is 7.90. The molecular formula is C10H22ClNO2. The summed E-state index contributed by atoms with van der Waals surface area (Å²) >= 11 is 0. The molecule has 0 aromatic rings. The van der Waals surface area contributed by atoms with E-state index >= 15 is 0 Å². The lowest BCUT2D eigenvalue weighted by molar-refractivity contribution is -0.150. The highest BCUT2D eigenvalue weighted by molar-refractivity contribution is 5.85. The van der Waals surface area contributed by atoms with E-state index in [0.29, 0.717) is 5.92 Å². The molecule has 14 heavy (non-hydrogen) atoms. The van der Waals surface area contributed by atoms with E-state index in [-0.39, 0.29) is 30.5 Å². The zero-order chi connectivity index (χ0) is 10.4. The van der Waals surface area contributed by atoms with Crippen molar-refractivity contribution in [1.82, 2.24) is 5.32 Å². The summed E-state index contributed by atoms with van der Waals surface area (Å²) in [6, 6.07) is -0.164. The van der Waals surface area contributed by atoms with E-state index in [4.69, 9.17) is 4.74 Å². The fraction of sp³-hybridized carbons (Fsp3) is 0.900. The Bertz CT molecular complexity index is 160.